The van der Waals surface area contributed by atoms with Gasteiger partial charge in [0.1, 0.15) is 5.82 Å². The van der Waals surface area contributed by atoms with Crippen molar-refractivity contribution >= 4 is 17.4 Å². The third kappa shape index (κ3) is 5.54. The van der Waals surface area contributed by atoms with Gasteiger partial charge >= 0.3 is 0 Å². The SMILES string of the molecule is CN(C)c1cnnc(NCCNC(=O)Cc2ccc(F)cc2)c1. The maximum atomic E-state index is 12.8. The van der Waals surface area contributed by atoms with E-state index in [9.17, 15) is 9.18 Å². The lowest BCUT2D eigenvalue weighted by molar-refractivity contribution is -0.120. The zero-order valence-electron chi connectivity index (χ0n) is 13.2. The summed E-state index contributed by atoms with van der Waals surface area (Å²) in [6, 6.07) is 7.79. The van der Waals surface area contributed by atoms with Crippen molar-refractivity contribution in [2.45, 2.75) is 6.42 Å². The quantitative estimate of drug-likeness (QED) is 0.757. The molecule has 0 aliphatic rings. The van der Waals surface area contributed by atoms with Crippen LogP contribution in [0.25, 0.3) is 0 Å². The van der Waals surface area contributed by atoms with Gasteiger partial charge < -0.3 is 15.5 Å². The summed E-state index contributed by atoms with van der Waals surface area (Å²) in [6.45, 7) is 1.01. The summed E-state index contributed by atoms with van der Waals surface area (Å²) in [6.07, 6.45) is 1.91. The Morgan fingerprint density at radius 2 is 1.96 bits per heavy atom. The second-order valence-corrected chi connectivity index (χ2v) is 5.27. The fourth-order valence-corrected chi connectivity index (χ4v) is 1.93. The molecule has 6 nitrogen and oxygen atoms in total. The van der Waals surface area contributed by atoms with Gasteiger partial charge in [-0.3, -0.25) is 4.79 Å². The van der Waals surface area contributed by atoms with Crippen molar-refractivity contribution in [3.63, 3.8) is 0 Å². The number of anilines is 2. The summed E-state index contributed by atoms with van der Waals surface area (Å²) >= 11 is 0. The summed E-state index contributed by atoms with van der Waals surface area (Å²) in [5, 5.41) is 13.8. The second-order valence-electron chi connectivity index (χ2n) is 5.27. The smallest absolute Gasteiger partial charge is 0.224 e. The van der Waals surface area contributed by atoms with Crippen molar-refractivity contribution in [3.8, 4) is 0 Å². The third-order valence-electron chi connectivity index (χ3n) is 3.19. The van der Waals surface area contributed by atoms with Gasteiger partial charge in [0.05, 0.1) is 18.3 Å². The molecule has 23 heavy (non-hydrogen) atoms. The van der Waals surface area contributed by atoms with E-state index in [0.29, 0.717) is 18.9 Å². The lowest BCUT2D eigenvalue weighted by Crippen LogP contribution is -2.30. The van der Waals surface area contributed by atoms with Crippen LogP contribution in [0.4, 0.5) is 15.9 Å². The van der Waals surface area contributed by atoms with Crippen molar-refractivity contribution in [1.29, 1.82) is 0 Å². The van der Waals surface area contributed by atoms with Gasteiger partial charge in [0.15, 0.2) is 5.82 Å². The van der Waals surface area contributed by atoms with Gasteiger partial charge in [-0.2, -0.15) is 5.10 Å². The molecule has 2 N–H and O–H groups in total. The molecular weight excluding hydrogens is 297 g/mol. The molecule has 0 atom stereocenters. The molecule has 2 rings (SSSR count). The molecule has 1 amide bonds. The molecule has 0 bridgehead atoms. The number of benzene rings is 1. The largest absolute Gasteiger partial charge is 0.376 e. The van der Waals surface area contributed by atoms with Gasteiger partial charge in [0.25, 0.3) is 0 Å². The molecule has 0 spiro atoms. The van der Waals surface area contributed by atoms with Crippen molar-refractivity contribution in [3.05, 3.63) is 47.9 Å². The molecule has 7 heteroatoms. The van der Waals surface area contributed by atoms with Gasteiger partial charge in [-0.15, -0.1) is 5.10 Å². The van der Waals surface area contributed by atoms with Gasteiger partial charge in [0.2, 0.25) is 5.91 Å². The van der Waals surface area contributed by atoms with E-state index in [2.05, 4.69) is 20.8 Å². The first-order chi connectivity index (χ1) is 11.0. The summed E-state index contributed by atoms with van der Waals surface area (Å²) in [5.41, 5.74) is 1.73. The molecule has 1 aromatic carbocycles. The molecule has 0 saturated carbocycles. The van der Waals surface area contributed by atoms with Gasteiger partial charge in [-0.05, 0) is 17.7 Å². The zero-order chi connectivity index (χ0) is 16.7. The number of rotatable bonds is 7. The minimum atomic E-state index is -0.306. The minimum absolute atomic E-state index is 0.105. The molecule has 122 valence electrons. The first-order valence-corrected chi connectivity index (χ1v) is 7.29. The van der Waals surface area contributed by atoms with Crippen LogP contribution in [0, 0.1) is 5.82 Å². The van der Waals surface area contributed by atoms with Crippen molar-refractivity contribution in [2.24, 2.45) is 0 Å². The van der Waals surface area contributed by atoms with Crippen LogP contribution in [0.2, 0.25) is 0 Å². The lowest BCUT2D eigenvalue weighted by Gasteiger charge is -2.13. The molecular formula is C16H20FN5O. The first-order valence-electron chi connectivity index (χ1n) is 7.29. The van der Waals surface area contributed by atoms with Crippen LogP contribution in [0.5, 0.6) is 0 Å². The Bertz CT molecular complexity index is 645. The Morgan fingerprint density at radius 3 is 2.65 bits per heavy atom. The van der Waals surface area contributed by atoms with Crippen LogP contribution >= 0.6 is 0 Å². The van der Waals surface area contributed by atoms with Gasteiger partial charge in [-0.1, -0.05) is 12.1 Å². The number of nitrogens with zero attached hydrogens (tertiary/aromatic N) is 3. The predicted molar refractivity (Wildman–Crippen MR) is 88.0 cm³/mol. The zero-order valence-corrected chi connectivity index (χ0v) is 13.2. The summed E-state index contributed by atoms with van der Waals surface area (Å²) < 4.78 is 12.8. The maximum Gasteiger partial charge on any atom is 0.224 e. The minimum Gasteiger partial charge on any atom is -0.376 e. The molecule has 0 fully saturated rings. The van der Waals surface area contributed by atoms with Crippen molar-refractivity contribution in [2.75, 3.05) is 37.4 Å². The van der Waals surface area contributed by atoms with Crippen molar-refractivity contribution in [1.82, 2.24) is 15.5 Å². The average Bonchev–Trinajstić information content (AvgIpc) is 2.54. The highest BCUT2D eigenvalue weighted by Gasteiger charge is 2.04. The van der Waals surface area contributed by atoms with E-state index < -0.39 is 0 Å². The van der Waals surface area contributed by atoms with Crippen molar-refractivity contribution < 1.29 is 9.18 Å². The first kappa shape index (κ1) is 16.7. The van der Waals surface area contributed by atoms with Crippen LogP contribution in [0.3, 0.4) is 0 Å². The predicted octanol–water partition coefficient (Wildman–Crippen LogP) is 1.45. The van der Waals surface area contributed by atoms with Crippen LogP contribution in [0.15, 0.2) is 36.5 Å². The molecule has 1 aromatic heterocycles. The number of carbonyl (C=O) groups is 1. The lowest BCUT2D eigenvalue weighted by atomic mass is 10.1. The van der Waals surface area contributed by atoms with E-state index in [1.165, 1.54) is 12.1 Å². The second kappa shape index (κ2) is 8.07. The third-order valence-corrected chi connectivity index (χ3v) is 3.19. The number of aromatic nitrogens is 2. The Kier molecular flexibility index (Phi) is 5.85. The Labute approximate surface area is 134 Å². The Hall–Kier alpha value is -2.70. The number of hydrogen-bond acceptors (Lipinski definition) is 5. The molecule has 1 heterocycles. The number of amides is 1. The Balaban J connectivity index is 1.71. The molecule has 0 saturated heterocycles. The highest BCUT2D eigenvalue weighted by Crippen LogP contribution is 2.12. The molecule has 0 unspecified atom stereocenters. The summed E-state index contributed by atoms with van der Waals surface area (Å²) in [7, 11) is 3.85. The molecule has 0 aliphatic carbocycles. The van der Waals surface area contributed by atoms with Gasteiger partial charge in [-0.25, -0.2) is 4.39 Å². The standard InChI is InChI=1S/C16H20FN5O/c1-22(2)14-10-15(21-20-11-14)18-7-8-19-16(23)9-12-3-5-13(17)6-4-12/h3-6,10-11H,7-9H2,1-2H3,(H,18,21)(H,19,23). The van der Waals surface area contributed by atoms with E-state index in [0.717, 1.165) is 11.3 Å². The fourth-order valence-electron chi connectivity index (χ4n) is 1.93. The average molecular weight is 317 g/mol. The number of carbonyl (C=O) groups excluding carboxylic acids is 1. The summed E-state index contributed by atoms with van der Waals surface area (Å²) in [4.78, 5) is 13.7. The van der Waals surface area contributed by atoms with E-state index in [1.807, 2.05) is 25.1 Å². The maximum absolute atomic E-state index is 12.8. The van der Waals surface area contributed by atoms with Crippen LogP contribution < -0.4 is 15.5 Å². The highest BCUT2D eigenvalue weighted by atomic mass is 19.1. The molecule has 0 aliphatic heterocycles. The highest BCUT2D eigenvalue weighted by molar-refractivity contribution is 5.78. The van der Waals surface area contributed by atoms with Crippen LogP contribution in [0.1, 0.15) is 5.56 Å². The normalized spacial score (nSPS) is 10.2. The van der Waals surface area contributed by atoms with E-state index in [1.54, 1.807) is 18.3 Å². The van der Waals surface area contributed by atoms with E-state index in [-0.39, 0.29) is 18.1 Å². The molecule has 2 aromatic rings. The number of hydrogen-bond donors (Lipinski definition) is 2. The van der Waals surface area contributed by atoms with Crippen LogP contribution in [-0.4, -0.2) is 43.3 Å². The van der Waals surface area contributed by atoms with E-state index >= 15 is 0 Å². The van der Waals surface area contributed by atoms with Gasteiger partial charge in [0, 0.05) is 33.3 Å². The topological polar surface area (TPSA) is 70.2 Å². The fraction of sp³-hybridized carbons (Fsp3) is 0.312. The Morgan fingerprint density at radius 1 is 1.22 bits per heavy atom. The van der Waals surface area contributed by atoms with E-state index in [4.69, 9.17) is 0 Å². The number of halogens is 1. The molecule has 0 radical (unpaired) electrons. The summed E-state index contributed by atoms with van der Waals surface area (Å²) in [5.74, 6) is 0.245. The monoisotopic (exact) mass is 317 g/mol. The van der Waals surface area contributed by atoms with Crippen LogP contribution in [-0.2, 0) is 11.2 Å². The number of nitrogens with one attached hydrogen (secondary N) is 2.